The van der Waals surface area contributed by atoms with E-state index in [0.29, 0.717) is 5.82 Å². The largest absolute Gasteiger partial charge is 0.204 e. The van der Waals surface area contributed by atoms with Crippen LogP contribution in [-0.4, -0.2) is 20.2 Å². The van der Waals surface area contributed by atoms with E-state index in [-0.39, 0.29) is 0 Å². The Bertz CT molecular complexity index is 476. The zero-order valence-electron chi connectivity index (χ0n) is 9.44. The predicted octanol–water partition coefficient (Wildman–Crippen LogP) is 1.80. The molecule has 2 aromatic rings. The molecular formula is C11H14N4. The molecule has 15 heavy (non-hydrogen) atoms. The van der Waals surface area contributed by atoms with Crippen LogP contribution >= 0.6 is 0 Å². The fraction of sp³-hybridized carbons (Fsp3) is 0.364. The molecule has 0 atom stereocenters. The minimum absolute atomic E-state index is 0.684. The van der Waals surface area contributed by atoms with Gasteiger partial charge >= 0.3 is 0 Å². The van der Waals surface area contributed by atoms with Gasteiger partial charge in [-0.05, 0) is 54.8 Å². The number of benzene rings is 1. The standard InChI is InChI=1S/C11H14N4/c1-7-5-10(6-8(2)9(7)3)11-12-14-15(4)13-11/h5-6H,1-4H3. The first-order chi connectivity index (χ1) is 7.08. The van der Waals surface area contributed by atoms with Crippen LogP contribution in [0.25, 0.3) is 11.4 Å². The molecule has 0 unspecified atom stereocenters. The van der Waals surface area contributed by atoms with Gasteiger partial charge < -0.3 is 0 Å². The molecule has 0 saturated heterocycles. The van der Waals surface area contributed by atoms with E-state index >= 15 is 0 Å². The Hall–Kier alpha value is -1.71. The molecule has 0 saturated carbocycles. The van der Waals surface area contributed by atoms with E-state index in [2.05, 4.69) is 48.3 Å². The van der Waals surface area contributed by atoms with Crippen LogP contribution in [0.15, 0.2) is 12.1 Å². The quantitative estimate of drug-likeness (QED) is 0.708. The summed E-state index contributed by atoms with van der Waals surface area (Å²) in [5.74, 6) is 0.684. The summed E-state index contributed by atoms with van der Waals surface area (Å²) in [7, 11) is 1.77. The Kier molecular flexibility index (Phi) is 2.26. The summed E-state index contributed by atoms with van der Waals surface area (Å²) >= 11 is 0. The van der Waals surface area contributed by atoms with E-state index < -0.39 is 0 Å². The summed E-state index contributed by atoms with van der Waals surface area (Å²) in [6.45, 7) is 6.32. The predicted molar refractivity (Wildman–Crippen MR) is 58.4 cm³/mol. The lowest BCUT2D eigenvalue weighted by Gasteiger charge is -2.06. The Morgan fingerprint density at radius 2 is 1.67 bits per heavy atom. The van der Waals surface area contributed by atoms with Crippen LogP contribution in [0, 0.1) is 20.8 Å². The van der Waals surface area contributed by atoms with Crippen molar-refractivity contribution in [2.75, 3.05) is 0 Å². The molecule has 4 nitrogen and oxygen atoms in total. The van der Waals surface area contributed by atoms with Crippen LogP contribution in [-0.2, 0) is 7.05 Å². The number of nitrogens with zero attached hydrogens (tertiary/aromatic N) is 4. The molecule has 78 valence electrons. The summed E-state index contributed by atoms with van der Waals surface area (Å²) in [5, 5.41) is 12.0. The normalized spacial score (nSPS) is 10.7. The van der Waals surface area contributed by atoms with E-state index in [1.165, 1.54) is 21.5 Å². The van der Waals surface area contributed by atoms with Crippen molar-refractivity contribution in [1.82, 2.24) is 20.2 Å². The number of hydrogen-bond acceptors (Lipinski definition) is 3. The molecule has 0 N–H and O–H groups in total. The van der Waals surface area contributed by atoms with E-state index in [4.69, 9.17) is 0 Å². The first-order valence-electron chi connectivity index (χ1n) is 4.90. The number of aryl methyl sites for hydroxylation is 3. The Balaban J connectivity index is 2.55. The van der Waals surface area contributed by atoms with Crippen LogP contribution in [0.4, 0.5) is 0 Å². The van der Waals surface area contributed by atoms with Crippen molar-refractivity contribution in [3.63, 3.8) is 0 Å². The Morgan fingerprint density at radius 1 is 1.07 bits per heavy atom. The highest BCUT2D eigenvalue weighted by Gasteiger charge is 2.07. The fourth-order valence-electron chi connectivity index (χ4n) is 1.56. The summed E-state index contributed by atoms with van der Waals surface area (Å²) in [5.41, 5.74) is 4.88. The zero-order chi connectivity index (χ0) is 11.0. The first-order valence-corrected chi connectivity index (χ1v) is 4.90. The van der Waals surface area contributed by atoms with Crippen LogP contribution in [0.5, 0.6) is 0 Å². The summed E-state index contributed by atoms with van der Waals surface area (Å²) in [4.78, 5) is 1.47. The number of tetrazole rings is 1. The van der Waals surface area contributed by atoms with Crippen molar-refractivity contribution in [3.05, 3.63) is 28.8 Å². The second kappa shape index (κ2) is 3.46. The van der Waals surface area contributed by atoms with Crippen molar-refractivity contribution in [1.29, 1.82) is 0 Å². The van der Waals surface area contributed by atoms with Gasteiger partial charge in [0.05, 0.1) is 7.05 Å². The van der Waals surface area contributed by atoms with Gasteiger partial charge in [0.2, 0.25) is 5.82 Å². The molecule has 1 aromatic heterocycles. The van der Waals surface area contributed by atoms with Gasteiger partial charge in [0, 0.05) is 5.56 Å². The maximum absolute atomic E-state index is 4.19. The highest BCUT2D eigenvalue weighted by atomic mass is 15.6. The van der Waals surface area contributed by atoms with E-state index in [9.17, 15) is 0 Å². The van der Waals surface area contributed by atoms with Crippen molar-refractivity contribution in [2.45, 2.75) is 20.8 Å². The third-order valence-electron chi connectivity index (χ3n) is 2.69. The smallest absolute Gasteiger partial charge is 0.167 e. The molecule has 2 rings (SSSR count). The minimum atomic E-state index is 0.684. The van der Waals surface area contributed by atoms with Crippen LogP contribution < -0.4 is 0 Å². The molecule has 0 aliphatic heterocycles. The maximum Gasteiger partial charge on any atom is 0.204 e. The van der Waals surface area contributed by atoms with E-state index in [0.717, 1.165) is 5.56 Å². The third-order valence-corrected chi connectivity index (χ3v) is 2.69. The second-order valence-corrected chi connectivity index (χ2v) is 3.84. The van der Waals surface area contributed by atoms with Crippen LogP contribution in [0.1, 0.15) is 16.7 Å². The summed E-state index contributed by atoms with van der Waals surface area (Å²) in [6.07, 6.45) is 0. The monoisotopic (exact) mass is 202 g/mol. The van der Waals surface area contributed by atoms with Gasteiger partial charge in [0.25, 0.3) is 0 Å². The van der Waals surface area contributed by atoms with Crippen molar-refractivity contribution < 1.29 is 0 Å². The Labute approximate surface area is 88.9 Å². The van der Waals surface area contributed by atoms with Gasteiger partial charge in [-0.1, -0.05) is 0 Å². The molecule has 1 heterocycles. The average molecular weight is 202 g/mol. The summed E-state index contributed by atoms with van der Waals surface area (Å²) in [6, 6.07) is 4.19. The molecule has 0 spiro atoms. The van der Waals surface area contributed by atoms with Gasteiger partial charge in [0.15, 0.2) is 0 Å². The molecule has 0 fully saturated rings. The van der Waals surface area contributed by atoms with E-state index in [1.807, 2.05) is 0 Å². The van der Waals surface area contributed by atoms with Crippen LogP contribution in [0.3, 0.4) is 0 Å². The lowest BCUT2D eigenvalue weighted by Crippen LogP contribution is -1.93. The SMILES string of the molecule is Cc1cc(-c2nnn(C)n2)cc(C)c1C. The first kappa shape index (κ1) is 9.83. The topological polar surface area (TPSA) is 43.6 Å². The lowest BCUT2D eigenvalue weighted by atomic mass is 10.0. The third kappa shape index (κ3) is 1.75. The van der Waals surface area contributed by atoms with Crippen molar-refractivity contribution >= 4 is 0 Å². The average Bonchev–Trinajstić information content (AvgIpc) is 2.60. The zero-order valence-corrected chi connectivity index (χ0v) is 9.44. The minimum Gasteiger partial charge on any atom is -0.167 e. The number of aromatic nitrogens is 4. The van der Waals surface area contributed by atoms with Gasteiger partial charge in [-0.2, -0.15) is 4.80 Å². The van der Waals surface area contributed by atoms with Gasteiger partial charge in [0.1, 0.15) is 0 Å². The highest BCUT2D eigenvalue weighted by Crippen LogP contribution is 2.21. The molecule has 0 bridgehead atoms. The van der Waals surface area contributed by atoms with Crippen LogP contribution in [0.2, 0.25) is 0 Å². The molecule has 1 aromatic carbocycles. The van der Waals surface area contributed by atoms with Gasteiger partial charge in [-0.15, -0.1) is 10.2 Å². The molecule has 0 aliphatic carbocycles. The maximum atomic E-state index is 4.19. The lowest BCUT2D eigenvalue weighted by molar-refractivity contribution is 0.630. The van der Waals surface area contributed by atoms with Crippen molar-refractivity contribution in [3.8, 4) is 11.4 Å². The van der Waals surface area contributed by atoms with Crippen molar-refractivity contribution in [2.24, 2.45) is 7.05 Å². The fourth-order valence-corrected chi connectivity index (χ4v) is 1.56. The number of hydrogen-bond donors (Lipinski definition) is 0. The highest BCUT2D eigenvalue weighted by molar-refractivity contribution is 5.58. The van der Waals surface area contributed by atoms with Gasteiger partial charge in [-0.25, -0.2) is 0 Å². The number of rotatable bonds is 1. The summed E-state index contributed by atoms with van der Waals surface area (Å²) < 4.78 is 0. The molecule has 0 radical (unpaired) electrons. The second-order valence-electron chi connectivity index (χ2n) is 3.84. The molecule has 0 amide bonds. The van der Waals surface area contributed by atoms with Gasteiger partial charge in [-0.3, -0.25) is 0 Å². The molecular weight excluding hydrogens is 188 g/mol. The Morgan fingerprint density at radius 3 is 2.13 bits per heavy atom. The molecule has 0 aliphatic rings. The molecule has 4 heteroatoms. The van der Waals surface area contributed by atoms with E-state index in [1.54, 1.807) is 7.05 Å².